The average molecular weight is 448 g/mol. The van der Waals surface area contributed by atoms with Crippen molar-refractivity contribution in [3.05, 3.63) is 46.9 Å². The first-order valence-corrected chi connectivity index (χ1v) is 11.0. The van der Waals surface area contributed by atoms with Gasteiger partial charge in [0.2, 0.25) is 10.0 Å². The summed E-state index contributed by atoms with van der Waals surface area (Å²) in [6.45, 7) is 2.23. The fraction of sp³-hybridized carbons (Fsp3) is 0.353. The first-order valence-electron chi connectivity index (χ1n) is 8.30. The molecule has 28 heavy (non-hydrogen) atoms. The Morgan fingerprint density at radius 1 is 1.43 bits per heavy atom. The van der Waals surface area contributed by atoms with E-state index in [2.05, 4.69) is 5.32 Å². The summed E-state index contributed by atoms with van der Waals surface area (Å²) in [7, 11) is -0.379. The third kappa shape index (κ3) is 5.89. The van der Waals surface area contributed by atoms with E-state index in [0.29, 0.717) is 11.4 Å². The Bertz CT molecular complexity index is 917. The van der Waals surface area contributed by atoms with Gasteiger partial charge in [0.25, 0.3) is 0 Å². The van der Waals surface area contributed by atoms with Gasteiger partial charge in [-0.05, 0) is 44.8 Å². The summed E-state index contributed by atoms with van der Waals surface area (Å²) in [5, 5.41) is 8.05. The molecule has 1 unspecified atom stereocenters. The van der Waals surface area contributed by atoms with Crippen LogP contribution < -0.4 is 10.5 Å². The van der Waals surface area contributed by atoms with E-state index < -0.39 is 16.0 Å². The quantitative estimate of drug-likeness (QED) is 0.444. The molecule has 1 heterocycles. The zero-order valence-electron chi connectivity index (χ0n) is 15.6. The maximum atomic E-state index is 12.7. The van der Waals surface area contributed by atoms with Crippen LogP contribution >= 0.6 is 23.6 Å². The van der Waals surface area contributed by atoms with E-state index in [-0.39, 0.29) is 27.4 Å². The van der Waals surface area contributed by atoms with Gasteiger partial charge in [-0.15, -0.1) is 0 Å². The fourth-order valence-corrected chi connectivity index (χ4v) is 4.04. The monoisotopic (exact) mass is 447 g/mol. The lowest BCUT2D eigenvalue weighted by Crippen LogP contribution is -2.24. The van der Waals surface area contributed by atoms with Gasteiger partial charge in [0.15, 0.2) is 0 Å². The molecular weight excluding hydrogens is 426 g/mol. The molecule has 0 saturated carbocycles. The highest BCUT2D eigenvalue weighted by molar-refractivity contribution is 7.95. The molecule has 11 heteroatoms. The van der Waals surface area contributed by atoms with Gasteiger partial charge in [-0.2, -0.15) is 0 Å². The molecule has 2 rings (SSSR count). The smallest absolute Gasteiger partial charge is 0.352 e. The molecule has 154 valence electrons. The molecule has 0 amide bonds. The first-order chi connectivity index (χ1) is 13.1. The number of nitrogens with one attached hydrogen (secondary N) is 1. The third-order valence-electron chi connectivity index (χ3n) is 3.79. The summed E-state index contributed by atoms with van der Waals surface area (Å²) in [5.41, 5.74) is 0.304. The van der Waals surface area contributed by atoms with Gasteiger partial charge < -0.3 is 13.9 Å². The number of carbonyl (C=O) groups excluding carboxylic acids is 1. The number of furan rings is 1. The van der Waals surface area contributed by atoms with Crippen molar-refractivity contribution in [2.45, 2.75) is 30.2 Å². The van der Waals surface area contributed by atoms with Crippen LogP contribution in [0.4, 0.5) is 5.69 Å². The van der Waals surface area contributed by atoms with E-state index in [9.17, 15) is 13.2 Å². The van der Waals surface area contributed by atoms with Crippen LogP contribution in [0.5, 0.6) is 0 Å². The van der Waals surface area contributed by atoms with Crippen molar-refractivity contribution in [1.82, 2.24) is 4.90 Å². The highest BCUT2D eigenvalue weighted by atomic mass is 35.5. The molecular formula is C17H22ClN3O5S2. The van der Waals surface area contributed by atoms with Crippen LogP contribution in [0, 0.1) is 0 Å². The number of hydrogen-bond donors (Lipinski definition) is 2. The molecule has 1 aromatic carbocycles. The summed E-state index contributed by atoms with van der Waals surface area (Å²) in [5.74, 6) is -0.0900. The molecule has 0 aliphatic rings. The van der Waals surface area contributed by atoms with Gasteiger partial charge in [0.05, 0.1) is 46.5 Å². The van der Waals surface area contributed by atoms with Gasteiger partial charge >= 0.3 is 5.97 Å². The molecule has 0 bridgehead atoms. The number of nitrogens with zero attached hydrogens (tertiary/aromatic N) is 1. The van der Waals surface area contributed by atoms with Crippen molar-refractivity contribution >= 4 is 45.3 Å². The average Bonchev–Trinajstić information content (AvgIpc) is 3.12. The summed E-state index contributed by atoms with van der Waals surface area (Å²) in [4.78, 5) is 14.2. The maximum absolute atomic E-state index is 12.7. The molecule has 0 aliphatic carbocycles. The molecule has 0 radical (unpaired) electrons. The normalized spacial score (nSPS) is 12.8. The van der Waals surface area contributed by atoms with Crippen LogP contribution in [0.2, 0.25) is 5.02 Å². The second-order valence-electron chi connectivity index (χ2n) is 6.10. The number of carbonyl (C=O) groups is 1. The minimum absolute atomic E-state index is 0.00101. The van der Waals surface area contributed by atoms with E-state index in [1.807, 2.05) is 25.9 Å². The minimum atomic E-state index is -4.11. The van der Waals surface area contributed by atoms with Crippen molar-refractivity contribution in [2.24, 2.45) is 5.14 Å². The predicted molar refractivity (Wildman–Crippen MR) is 110 cm³/mol. The summed E-state index contributed by atoms with van der Waals surface area (Å²) in [6.07, 6.45) is 2.27. The zero-order valence-corrected chi connectivity index (χ0v) is 18.0. The number of nitrogens with two attached hydrogens (primary N) is 1. The summed E-state index contributed by atoms with van der Waals surface area (Å²) >= 11 is 7.05. The van der Waals surface area contributed by atoms with E-state index in [4.69, 9.17) is 25.3 Å². The Morgan fingerprint density at radius 2 is 2.14 bits per heavy atom. The molecule has 0 fully saturated rings. The van der Waals surface area contributed by atoms with Gasteiger partial charge in [-0.3, -0.25) is 4.90 Å². The number of sulfonamides is 1. The van der Waals surface area contributed by atoms with Crippen molar-refractivity contribution in [3.63, 3.8) is 0 Å². The number of benzene rings is 1. The van der Waals surface area contributed by atoms with Crippen LogP contribution in [0.15, 0.2) is 39.8 Å². The molecule has 2 aromatic rings. The van der Waals surface area contributed by atoms with Crippen molar-refractivity contribution in [2.75, 3.05) is 19.4 Å². The van der Waals surface area contributed by atoms with Crippen molar-refractivity contribution < 1.29 is 21.8 Å². The summed E-state index contributed by atoms with van der Waals surface area (Å²) < 4.78 is 34.1. The van der Waals surface area contributed by atoms with E-state index in [1.165, 1.54) is 12.3 Å². The Hall–Kier alpha value is -1.72. The molecule has 0 spiro atoms. The van der Waals surface area contributed by atoms with Crippen molar-refractivity contribution in [1.29, 1.82) is 0 Å². The number of anilines is 1. The topological polar surface area (TPSA) is 115 Å². The second kappa shape index (κ2) is 9.66. The lowest BCUT2D eigenvalue weighted by atomic mass is 10.1. The van der Waals surface area contributed by atoms with Gasteiger partial charge in [0.1, 0.15) is 10.7 Å². The van der Waals surface area contributed by atoms with Gasteiger partial charge in [0, 0.05) is 0 Å². The predicted octanol–water partition coefficient (Wildman–Crippen LogP) is 3.30. The number of halogens is 1. The SMILES string of the molecule is CCC(SOC(=O)c1cc(S(N)(=O)=O)c(Cl)cc1NCc1ccco1)N(C)C. The maximum Gasteiger partial charge on any atom is 0.352 e. The zero-order chi connectivity index (χ0) is 20.9. The standard InChI is InChI=1S/C17H22ClN3O5S2/c1-4-16(21(2)3)27-26-17(22)12-8-15(28(19,23)24)13(18)9-14(12)20-10-11-6-5-7-25-11/h5-9,16,20H,4,10H2,1-3H3,(H2,19,23,24). The molecule has 0 saturated heterocycles. The first kappa shape index (κ1) is 22.6. The Labute approximate surface area is 173 Å². The van der Waals surface area contributed by atoms with Gasteiger partial charge in [-0.25, -0.2) is 18.4 Å². The number of rotatable bonds is 9. The highest BCUT2D eigenvalue weighted by Crippen LogP contribution is 2.31. The Morgan fingerprint density at radius 3 is 2.68 bits per heavy atom. The Kier molecular flexibility index (Phi) is 7.79. The summed E-state index contributed by atoms with van der Waals surface area (Å²) in [6, 6.07) is 5.92. The lowest BCUT2D eigenvalue weighted by molar-refractivity contribution is 0.0764. The lowest BCUT2D eigenvalue weighted by Gasteiger charge is -2.21. The fourth-order valence-electron chi connectivity index (χ4n) is 2.35. The van der Waals surface area contributed by atoms with E-state index in [0.717, 1.165) is 24.5 Å². The van der Waals surface area contributed by atoms with Crippen molar-refractivity contribution in [3.8, 4) is 0 Å². The number of hydrogen-bond acceptors (Lipinski definition) is 8. The molecule has 0 aliphatic heterocycles. The highest BCUT2D eigenvalue weighted by Gasteiger charge is 2.23. The molecule has 1 atom stereocenters. The minimum Gasteiger partial charge on any atom is -0.467 e. The van der Waals surface area contributed by atoms with Crippen LogP contribution in [-0.4, -0.2) is 38.8 Å². The van der Waals surface area contributed by atoms with Crippen LogP contribution in [-0.2, 0) is 20.8 Å². The van der Waals surface area contributed by atoms with E-state index in [1.54, 1.807) is 12.1 Å². The molecule has 3 N–H and O–H groups in total. The molecule has 8 nitrogen and oxygen atoms in total. The van der Waals surface area contributed by atoms with Gasteiger partial charge in [-0.1, -0.05) is 18.5 Å². The second-order valence-corrected chi connectivity index (χ2v) is 8.94. The Balaban J connectivity index is 2.32. The largest absolute Gasteiger partial charge is 0.467 e. The van der Waals surface area contributed by atoms with E-state index >= 15 is 0 Å². The number of primary sulfonamides is 1. The third-order valence-corrected chi connectivity index (χ3v) is 6.39. The van der Waals surface area contributed by atoms with Crippen LogP contribution in [0.1, 0.15) is 29.5 Å². The van der Waals surface area contributed by atoms with Crippen LogP contribution in [0.25, 0.3) is 0 Å². The van der Waals surface area contributed by atoms with Crippen LogP contribution in [0.3, 0.4) is 0 Å². The molecule has 1 aromatic heterocycles.